The number of carbonyl (C=O) groups excluding carboxylic acids is 1. The highest BCUT2D eigenvalue weighted by molar-refractivity contribution is 7.99. The third-order valence-electron chi connectivity index (χ3n) is 4.30. The van der Waals surface area contributed by atoms with Crippen molar-refractivity contribution in [2.24, 2.45) is 7.05 Å². The van der Waals surface area contributed by atoms with Crippen LogP contribution in [0.1, 0.15) is 19.8 Å². The molecular weight excluding hydrogens is 348 g/mol. The largest absolute Gasteiger partial charge is 0.355 e. The number of hydrogen-bond donors (Lipinski definition) is 1. The molecule has 0 unspecified atom stereocenters. The van der Waals surface area contributed by atoms with Gasteiger partial charge in [0.1, 0.15) is 12.1 Å². The topological polar surface area (TPSA) is 68.9 Å². The number of aryl methyl sites for hydroxylation is 1. The van der Waals surface area contributed by atoms with Gasteiger partial charge in [-0.3, -0.25) is 9.59 Å². The number of amides is 1. The first-order valence-electron chi connectivity index (χ1n) is 8.91. The van der Waals surface area contributed by atoms with Crippen molar-refractivity contribution in [3.05, 3.63) is 40.8 Å². The van der Waals surface area contributed by atoms with Gasteiger partial charge in [-0.15, -0.1) is 0 Å². The summed E-state index contributed by atoms with van der Waals surface area (Å²) in [5.74, 6) is 2.13. The van der Waals surface area contributed by atoms with Gasteiger partial charge in [0.2, 0.25) is 5.91 Å². The van der Waals surface area contributed by atoms with Gasteiger partial charge in [-0.25, -0.2) is 4.68 Å². The Morgan fingerprint density at radius 2 is 2.04 bits per heavy atom. The summed E-state index contributed by atoms with van der Waals surface area (Å²) in [5.41, 5.74) is 1.21. The summed E-state index contributed by atoms with van der Waals surface area (Å²) >= 11 is 1.91. The summed E-state index contributed by atoms with van der Waals surface area (Å²) in [5, 5.41) is 8.81. The second kappa shape index (κ2) is 8.40. The minimum Gasteiger partial charge on any atom is -0.355 e. The lowest BCUT2D eigenvalue weighted by atomic mass is 10.2. The minimum absolute atomic E-state index is 0.0768. The molecule has 1 aromatic carbocycles. The highest BCUT2D eigenvalue weighted by Crippen LogP contribution is 2.25. The van der Waals surface area contributed by atoms with Crippen molar-refractivity contribution >= 4 is 39.5 Å². The van der Waals surface area contributed by atoms with E-state index in [1.54, 1.807) is 17.8 Å². The van der Waals surface area contributed by atoms with Crippen LogP contribution in [0.2, 0.25) is 0 Å². The molecule has 1 N–H and O–H groups in total. The number of hydrogen-bond acceptors (Lipinski definition) is 4. The van der Waals surface area contributed by atoms with E-state index in [-0.39, 0.29) is 18.0 Å². The molecule has 3 aromatic rings. The molecule has 2 heterocycles. The Hall–Kier alpha value is -2.28. The van der Waals surface area contributed by atoms with Crippen LogP contribution in [0.25, 0.3) is 21.8 Å². The molecule has 7 heteroatoms. The normalized spacial score (nSPS) is 11.3. The number of rotatable bonds is 8. The number of benzene rings is 1. The summed E-state index contributed by atoms with van der Waals surface area (Å²) in [6.07, 6.45) is 3.82. The van der Waals surface area contributed by atoms with Crippen LogP contribution in [-0.2, 0) is 18.4 Å². The van der Waals surface area contributed by atoms with Crippen molar-refractivity contribution in [3.8, 4) is 0 Å². The molecule has 0 saturated carbocycles. The maximum atomic E-state index is 12.6. The number of thioether (sulfide) groups is 1. The number of para-hydroxylation sites is 1. The Balaban J connectivity index is 1.81. The molecule has 1 amide bonds. The highest BCUT2D eigenvalue weighted by Gasteiger charge is 2.16. The van der Waals surface area contributed by atoms with Crippen LogP contribution in [0, 0.1) is 0 Å². The van der Waals surface area contributed by atoms with Crippen LogP contribution < -0.4 is 10.9 Å². The number of aromatic nitrogens is 3. The first kappa shape index (κ1) is 18.5. The molecule has 0 saturated heterocycles. The fourth-order valence-electron chi connectivity index (χ4n) is 3.05. The summed E-state index contributed by atoms with van der Waals surface area (Å²) < 4.78 is 3.11. The van der Waals surface area contributed by atoms with Crippen LogP contribution >= 0.6 is 11.8 Å². The van der Waals surface area contributed by atoms with Gasteiger partial charge in [-0.2, -0.15) is 16.9 Å². The molecule has 138 valence electrons. The maximum Gasteiger partial charge on any atom is 0.291 e. The molecule has 0 aliphatic carbocycles. The molecule has 26 heavy (non-hydrogen) atoms. The quantitative estimate of drug-likeness (QED) is 0.617. The van der Waals surface area contributed by atoms with E-state index < -0.39 is 0 Å². The number of fused-ring (bicyclic) bond motifs is 3. The molecule has 0 atom stereocenters. The molecule has 6 nitrogen and oxygen atoms in total. The van der Waals surface area contributed by atoms with Crippen LogP contribution in [0.15, 0.2) is 35.3 Å². The van der Waals surface area contributed by atoms with Crippen LogP contribution in [0.3, 0.4) is 0 Å². The average molecular weight is 372 g/mol. The van der Waals surface area contributed by atoms with Crippen LogP contribution in [-0.4, -0.2) is 38.3 Å². The maximum absolute atomic E-state index is 12.6. The Morgan fingerprint density at radius 3 is 2.85 bits per heavy atom. The summed E-state index contributed by atoms with van der Waals surface area (Å²) in [6, 6.07) is 7.73. The molecule has 0 aliphatic rings. The molecule has 0 spiro atoms. The third-order valence-corrected chi connectivity index (χ3v) is 5.58. The lowest BCUT2D eigenvalue weighted by molar-refractivity contribution is -0.121. The van der Waals surface area contributed by atoms with Crippen LogP contribution in [0.5, 0.6) is 0 Å². The van der Waals surface area contributed by atoms with E-state index in [4.69, 9.17) is 0 Å². The number of nitrogens with one attached hydrogen (secondary N) is 1. The van der Waals surface area contributed by atoms with Crippen molar-refractivity contribution in [1.29, 1.82) is 0 Å². The van der Waals surface area contributed by atoms with Crippen molar-refractivity contribution in [1.82, 2.24) is 19.7 Å². The lowest BCUT2D eigenvalue weighted by Crippen LogP contribution is -2.30. The molecular formula is C19H24N4O2S. The number of nitrogens with zero attached hydrogens (tertiary/aromatic N) is 3. The molecule has 0 radical (unpaired) electrons. The van der Waals surface area contributed by atoms with Gasteiger partial charge in [0.15, 0.2) is 0 Å². The van der Waals surface area contributed by atoms with Crippen molar-refractivity contribution in [2.45, 2.75) is 26.3 Å². The molecule has 0 bridgehead atoms. The number of carbonyl (C=O) groups is 1. The standard InChI is InChI=1S/C19H24N4O2S/c1-3-10-26-11-6-9-20-17(24)13-23-16-8-5-4-7-14(16)15-12-21-22(2)19(25)18(15)23/h4-5,7-8,12H,3,6,9-11,13H2,1-2H3,(H,20,24). The fraction of sp³-hybridized carbons (Fsp3) is 0.421. The lowest BCUT2D eigenvalue weighted by Gasteiger charge is -2.09. The second-order valence-corrected chi connectivity index (χ2v) is 7.48. The van der Waals surface area contributed by atoms with Gasteiger partial charge in [0.25, 0.3) is 5.56 Å². The smallest absolute Gasteiger partial charge is 0.291 e. The second-order valence-electron chi connectivity index (χ2n) is 6.25. The van der Waals surface area contributed by atoms with Gasteiger partial charge in [0.05, 0.1) is 6.20 Å². The van der Waals surface area contributed by atoms with Gasteiger partial charge < -0.3 is 9.88 Å². The van der Waals surface area contributed by atoms with Crippen molar-refractivity contribution in [3.63, 3.8) is 0 Å². The Kier molecular flexibility index (Phi) is 5.98. The van der Waals surface area contributed by atoms with Crippen LogP contribution in [0.4, 0.5) is 0 Å². The SMILES string of the molecule is CCCSCCCNC(=O)Cn1c2ccccc2c2cnn(C)c(=O)c21. The van der Waals surface area contributed by atoms with Gasteiger partial charge in [-0.05, 0) is 30.4 Å². The minimum atomic E-state index is -0.192. The predicted molar refractivity (Wildman–Crippen MR) is 108 cm³/mol. The van der Waals surface area contributed by atoms with E-state index in [2.05, 4.69) is 17.3 Å². The zero-order valence-electron chi connectivity index (χ0n) is 15.2. The zero-order valence-corrected chi connectivity index (χ0v) is 16.0. The monoisotopic (exact) mass is 372 g/mol. The third kappa shape index (κ3) is 3.77. The highest BCUT2D eigenvalue weighted by atomic mass is 32.2. The molecule has 0 aliphatic heterocycles. The van der Waals surface area contributed by atoms with Gasteiger partial charge in [0, 0.05) is 29.9 Å². The molecule has 0 fully saturated rings. The van der Waals surface area contributed by atoms with Crippen molar-refractivity contribution in [2.75, 3.05) is 18.1 Å². The average Bonchev–Trinajstić information content (AvgIpc) is 2.96. The predicted octanol–water partition coefficient (Wildman–Crippen LogP) is 2.54. The zero-order chi connectivity index (χ0) is 18.5. The van der Waals surface area contributed by atoms with E-state index in [1.807, 2.05) is 36.0 Å². The Bertz CT molecular complexity index is 977. The van der Waals surface area contributed by atoms with E-state index in [0.717, 1.165) is 34.2 Å². The van der Waals surface area contributed by atoms with Gasteiger partial charge >= 0.3 is 0 Å². The Morgan fingerprint density at radius 1 is 1.23 bits per heavy atom. The summed E-state index contributed by atoms with van der Waals surface area (Å²) in [6.45, 7) is 2.96. The first-order chi connectivity index (χ1) is 12.6. The first-order valence-corrected chi connectivity index (χ1v) is 10.1. The van der Waals surface area contributed by atoms with Crippen molar-refractivity contribution < 1.29 is 4.79 Å². The van der Waals surface area contributed by atoms with E-state index >= 15 is 0 Å². The van der Waals surface area contributed by atoms with E-state index in [9.17, 15) is 9.59 Å². The van der Waals surface area contributed by atoms with E-state index in [0.29, 0.717) is 12.1 Å². The van der Waals surface area contributed by atoms with E-state index in [1.165, 1.54) is 11.1 Å². The summed E-state index contributed by atoms with van der Waals surface area (Å²) in [7, 11) is 1.62. The van der Waals surface area contributed by atoms with Gasteiger partial charge in [-0.1, -0.05) is 25.1 Å². The molecule has 3 rings (SSSR count). The summed E-state index contributed by atoms with van der Waals surface area (Å²) in [4.78, 5) is 25.0. The fourth-order valence-corrected chi connectivity index (χ4v) is 3.89. The molecule has 2 aromatic heterocycles. The Labute approximate surface area is 156 Å².